The van der Waals surface area contributed by atoms with Crippen molar-refractivity contribution in [2.24, 2.45) is 11.3 Å². The van der Waals surface area contributed by atoms with Gasteiger partial charge in [0, 0.05) is 30.8 Å². The molecular formula is C18H22F2N2O2S. The van der Waals surface area contributed by atoms with Gasteiger partial charge in [0.1, 0.15) is 0 Å². The zero-order valence-electron chi connectivity index (χ0n) is 14.0. The largest absolute Gasteiger partial charge is 0.347 e. The fraction of sp³-hybridized carbons (Fsp3) is 0.667. The molecule has 1 saturated heterocycles. The minimum absolute atomic E-state index is 0.0171. The summed E-state index contributed by atoms with van der Waals surface area (Å²) in [5.41, 5.74) is -0.240. The summed E-state index contributed by atoms with van der Waals surface area (Å²) in [5, 5.41) is 4.46. The van der Waals surface area contributed by atoms with E-state index >= 15 is 0 Å². The van der Waals surface area contributed by atoms with Gasteiger partial charge in [-0.05, 0) is 37.1 Å². The molecule has 0 bridgehead atoms. The highest BCUT2D eigenvalue weighted by molar-refractivity contribution is 7.12. The van der Waals surface area contributed by atoms with E-state index in [1.807, 2.05) is 22.4 Å². The number of thiophene rings is 1. The van der Waals surface area contributed by atoms with Crippen molar-refractivity contribution < 1.29 is 18.4 Å². The zero-order valence-corrected chi connectivity index (χ0v) is 14.8. The number of hydrogen-bond donors (Lipinski definition) is 1. The van der Waals surface area contributed by atoms with Crippen molar-refractivity contribution in [2.75, 3.05) is 13.1 Å². The van der Waals surface area contributed by atoms with Crippen LogP contribution in [0.4, 0.5) is 8.78 Å². The first kappa shape index (κ1) is 16.9. The van der Waals surface area contributed by atoms with Crippen molar-refractivity contribution in [2.45, 2.75) is 50.5 Å². The highest BCUT2D eigenvalue weighted by Crippen LogP contribution is 2.50. The molecule has 4 rings (SSSR count). The van der Waals surface area contributed by atoms with E-state index in [0.29, 0.717) is 24.4 Å². The van der Waals surface area contributed by atoms with Crippen LogP contribution >= 0.6 is 11.3 Å². The summed E-state index contributed by atoms with van der Waals surface area (Å²) in [6.45, 7) is 1.20. The number of nitrogens with one attached hydrogen (secondary N) is 1. The lowest BCUT2D eigenvalue weighted by molar-refractivity contribution is -0.142. The van der Waals surface area contributed by atoms with Crippen LogP contribution in [-0.4, -0.2) is 41.8 Å². The lowest BCUT2D eigenvalue weighted by atomic mass is 9.76. The predicted molar refractivity (Wildman–Crippen MR) is 90.7 cm³/mol. The van der Waals surface area contributed by atoms with Crippen LogP contribution in [0.1, 0.15) is 48.2 Å². The first-order valence-electron chi connectivity index (χ1n) is 8.92. The molecule has 1 spiro atoms. The first-order valence-corrected chi connectivity index (χ1v) is 9.80. The number of carbonyl (C=O) groups is 2. The van der Waals surface area contributed by atoms with Crippen LogP contribution in [0.2, 0.25) is 0 Å². The van der Waals surface area contributed by atoms with Gasteiger partial charge in [0.15, 0.2) is 0 Å². The third kappa shape index (κ3) is 2.86. The van der Waals surface area contributed by atoms with Gasteiger partial charge in [0.2, 0.25) is 5.91 Å². The monoisotopic (exact) mass is 368 g/mol. The Morgan fingerprint density at radius 3 is 2.72 bits per heavy atom. The van der Waals surface area contributed by atoms with Crippen LogP contribution in [0.25, 0.3) is 0 Å². The molecule has 0 aromatic carbocycles. The summed E-state index contributed by atoms with van der Waals surface area (Å²) in [6.07, 6.45) is 3.52. The second kappa shape index (κ2) is 6.04. The fourth-order valence-corrected chi connectivity index (χ4v) is 5.31. The van der Waals surface area contributed by atoms with E-state index in [0.717, 1.165) is 25.7 Å². The molecule has 1 N–H and O–H groups in total. The van der Waals surface area contributed by atoms with E-state index in [9.17, 15) is 18.4 Å². The van der Waals surface area contributed by atoms with Crippen LogP contribution in [0.3, 0.4) is 0 Å². The molecule has 0 radical (unpaired) electrons. The number of alkyl halides is 2. The molecule has 7 heteroatoms. The molecule has 3 atom stereocenters. The molecular weight excluding hydrogens is 346 g/mol. The third-order valence-electron chi connectivity index (χ3n) is 6.22. The normalized spacial score (nSPS) is 33.4. The molecule has 25 heavy (non-hydrogen) atoms. The Balaban J connectivity index is 1.44. The summed E-state index contributed by atoms with van der Waals surface area (Å²) in [5.74, 6) is -3.25. The van der Waals surface area contributed by atoms with Gasteiger partial charge in [-0.1, -0.05) is 12.5 Å². The standard InChI is InChI=1S/C18H22F2N2O2S/c19-18(20)7-5-14(18)21-15(23)12-3-1-6-17(12)8-9-22(11-17)16(24)13-4-2-10-25-13/h2,4,10,12,14H,1,3,5-9,11H2,(H,21,23)/t12-,14-,17+/m1/s1. The number of nitrogens with zero attached hydrogens (tertiary/aromatic N) is 1. The maximum Gasteiger partial charge on any atom is 0.267 e. The quantitative estimate of drug-likeness (QED) is 0.890. The Morgan fingerprint density at radius 2 is 2.08 bits per heavy atom. The fourth-order valence-electron chi connectivity index (χ4n) is 4.62. The Hall–Kier alpha value is -1.50. The van der Waals surface area contributed by atoms with E-state index in [2.05, 4.69) is 5.32 Å². The van der Waals surface area contributed by atoms with E-state index < -0.39 is 12.0 Å². The topological polar surface area (TPSA) is 49.4 Å². The van der Waals surface area contributed by atoms with Crippen LogP contribution in [0, 0.1) is 11.3 Å². The molecule has 4 nitrogen and oxygen atoms in total. The number of likely N-dealkylation sites (tertiary alicyclic amines) is 1. The van der Waals surface area contributed by atoms with Gasteiger partial charge < -0.3 is 10.2 Å². The molecule has 2 heterocycles. The molecule has 136 valence electrons. The third-order valence-corrected chi connectivity index (χ3v) is 7.08. The van der Waals surface area contributed by atoms with Crippen molar-refractivity contribution in [1.29, 1.82) is 0 Å². The second-order valence-electron chi connectivity index (χ2n) is 7.62. The van der Waals surface area contributed by atoms with Gasteiger partial charge in [0.25, 0.3) is 11.8 Å². The maximum absolute atomic E-state index is 13.5. The Kier molecular flexibility index (Phi) is 4.09. The summed E-state index contributed by atoms with van der Waals surface area (Å²) in [6, 6.07) is 2.66. The van der Waals surface area contributed by atoms with Crippen molar-refractivity contribution in [3.63, 3.8) is 0 Å². The molecule has 1 aromatic rings. The SMILES string of the molecule is O=C(N[C@@H]1CCC1(F)F)[C@H]1CCC[C@@]12CCN(C(=O)c1cccs1)C2. The number of hydrogen-bond acceptors (Lipinski definition) is 3. The summed E-state index contributed by atoms with van der Waals surface area (Å²) < 4.78 is 27.0. The smallest absolute Gasteiger partial charge is 0.267 e. The van der Waals surface area contributed by atoms with Gasteiger partial charge in [-0.2, -0.15) is 0 Å². The predicted octanol–water partition coefficient (Wildman–Crippen LogP) is 3.29. The van der Waals surface area contributed by atoms with Crippen molar-refractivity contribution in [1.82, 2.24) is 10.2 Å². The van der Waals surface area contributed by atoms with Gasteiger partial charge >= 0.3 is 0 Å². The van der Waals surface area contributed by atoms with Crippen molar-refractivity contribution in [3.05, 3.63) is 22.4 Å². The van der Waals surface area contributed by atoms with E-state index in [1.165, 1.54) is 11.3 Å². The van der Waals surface area contributed by atoms with Crippen LogP contribution in [-0.2, 0) is 4.79 Å². The lowest BCUT2D eigenvalue weighted by Crippen LogP contribution is -2.57. The maximum atomic E-state index is 13.5. The molecule has 1 aliphatic heterocycles. The van der Waals surface area contributed by atoms with Crippen LogP contribution < -0.4 is 5.32 Å². The highest BCUT2D eigenvalue weighted by Gasteiger charge is 2.54. The average Bonchev–Trinajstić information content (AvgIpc) is 3.33. The molecule has 0 unspecified atom stereocenters. The molecule has 3 aliphatic rings. The lowest BCUT2D eigenvalue weighted by Gasteiger charge is -2.39. The van der Waals surface area contributed by atoms with E-state index in [4.69, 9.17) is 0 Å². The van der Waals surface area contributed by atoms with E-state index in [1.54, 1.807) is 0 Å². The number of carbonyl (C=O) groups excluding carboxylic acids is 2. The Bertz CT molecular complexity index is 679. The first-order chi connectivity index (χ1) is 11.9. The van der Waals surface area contributed by atoms with Gasteiger partial charge in [0.05, 0.1) is 10.9 Å². The van der Waals surface area contributed by atoms with Crippen LogP contribution in [0.15, 0.2) is 17.5 Å². The minimum atomic E-state index is -2.77. The van der Waals surface area contributed by atoms with Gasteiger partial charge in [-0.15, -0.1) is 11.3 Å². The number of halogens is 2. The molecule has 1 aromatic heterocycles. The molecule has 2 aliphatic carbocycles. The van der Waals surface area contributed by atoms with Gasteiger partial charge in [-0.25, -0.2) is 8.78 Å². The number of rotatable bonds is 3. The van der Waals surface area contributed by atoms with Crippen LogP contribution in [0.5, 0.6) is 0 Å². The van der Waals surface area contributed by atoms with Crippen molar-refractivity contribution >= 4 is 23.2 Å². The summed E-state index contributed by atoms with van der Waals surface area (Å²) >= 11 is 1.42. The minimum Gasteiger partial charge on any atom is -0.347 e. The summed E-state index contributed by atoms with van der Waals surface area (Å²) in [4.78, 5) is 27.8. The zero-order chi connectivity index (χ0) is 17.7. The average molecular weight is 368 g/mol. The molecule has 2 saturated carbocycles. The summed E-state index contributed by atoms with van der Waals surface area (Å²) in [7, 11) is 0. The van der Waals surface area contributed by atoms with Gasteiger partial charge in [-0.3, -0.25) is 9.59 Å². The Labute approximate surface area is 149 Å². The highest BCUT2D eigenvalue weighted by atomic mass is 32.1. The second-order valence-corrected chi connectivity index (χ2v) is 8.57. The Morgan fingerprint density at radius 1 is 1.24 bits per heavy atom. The van der Waals surface area contributed by atoms with Crippen molar-refractivity contribution in [3.8, 4) is 0 Å². The molecule has 2 amide bonds. The number of amides is 2. The molecule has 3 fully saturated rings. The van der Waals surface area contributed by atoms with E-state index in [-0.39, 0.29) is 29.6 Å².